The molecule has 3 N–H and O–H groups in total. The number of rotatable bonds is 9. The van der Waals surface area contributed by atoms with E-state index in [0.717, 1.165) is 16.7 Å². The van der Waals surface area contributed by atoms with Crippen molar-refractivity contribution >= 4 is 40.4 Å². The van der Waals surface area contributed by atoms with Crippen LogP contribution in [0.2, 0.25) is 0 Å². The number of carboxylic acid groups (broad SMARTS) is 1. The number of halogens is 1. The summed E-state index contributed by atoms with van der Waals surface area (Å²) in [4.78, 5) is 32.9. The third kappa shape index (κ3) is 6.27. The van der Waals surface area contributed by atoms with Gasteiger partial charge in [-0.2, -0.15) is 4.98 Å². The van der Waals surface area contributed by atoms with Gasteiger partial charge < -0.3 is 20.2 Å². The van der Waals surface area contributed by atoms with Crippen molar-refractivity contribution in [3.05, 3.63) is 113 Å². The molecule has 0 saturated carbocycles. The van der Waals surface area contributed by atoms with Gasteiger partial charge in [-0.15, -0.1) is 0 Å². The van der Waals surface area contributed by atoms with Crippen LogP contribution in [0, 0.1) is 12.7 Å². The lowest BCUT2D eigenvalue weighted by molar-refractivity contribution is -0.137. The minimum absolute atomic E-state index is 0.0991. The predicted octanol–water partition coefficient (Wildman–Crippen LogP) is 6.20. The number of aliphatic carboxylic acids is 1. The van der Waals surface area contributed by atoms with Crippen LogP contribution >= 0.6 is 0 Å². The van der Waals surface area contributed by atoms with Gasteiger partial charge in [-0.25, -0.2) is 4.39 Å². The number of hydrogen-bond acceptors (Lipinski definition) is 6. The molecule has 1 unspecified atom stereocenters. The second-order valence-electron chi connectivity index (χ2n) is 9.19. The molecule has 1 atom stereocenters. The highest BCUT2D eigenvalue weighted by Crippen LogP contribution is 2.30. The predicted molar refractivity (Wildman–Crippen MR) is 146 cm³/mol. The highest BCUT2D eigenvalue weighted by atomic mass is 19.1. The number of carbonyl (C=O) groups excluding carboxylic acids is 1. The van der Waals surface area contributed by atoms with Crippen molar-refractivity contribution in [3.63, 3.8) is 0 Å². The maximum Gasteiger partial charge on any atom is 0.304 e. The Labute approximate surface area is 223 Å². The lowest BCUT2D eigenvalue weighted by Crippen LogP contribution is -2.15. The topological polar surface area (TPSA) is 117 Å². The van der Waals surface area contributed by atoms with Gasteiger partial charge in [0.2, 0.25) is 5.91 Å². The number of oxazole rings is 1. The summed E-state index contributed by atoms with van der Waals surface area (Å²) in [7, 11) is 0. The molecule has 0 saturated heterocycles. The second-order valence-corrected chi connectivity index (χ2v) is 9.19. The standard InChI is InChI=1S/C30H25FN4O4/c1-18-12-22(31)8-10-25(18)34-30-35-26-9-7-19(13-27(26)39-30)14-28(36)33-23-6-2-4-20(15-23)24(16-29(37)38)21-5-3-11-32-17-21/h2-13,15,17,24H,14,16H2,1H3,(H,33,36)(H,34,35)(H,37,38). The number of nitrogens with one attached hydrogen (secondary N) is 2. The van der Waals surface area contributed by atoms with Crippen LogP contribution in [0.4, 0.5) is 21.8 Å². The summed E-state index contributed by atoms with van der Waals surface area (Å²) >= 11 is 0. The second kappa shape index (κ2) is 11.1. The number of pyridine rings is 1. The maximum atomic E-state index is 13.4. The number of aryl methyl sites for hydroxylation is 1. The molecule has 1 amide bonds. The van der Waals surface area contributed by atoms with Crippen LogP contribution in [0.15, 0.2) is 89.6 Å². The molecule has 196 valence electrons. The van der Waals surface area contributed by atoms with Crippen molar-refractivity contribution in [3.8, 4) is 0 Å². The van der Waals surface area contributed by atoms with Crippen molar-refractivity contribution < 1.29 is 23.5 Å². The Hall–Kier alpha value is -5.05. The third-order valence-electron chi connectivity index (χ3n) is 6.29. The summed E-state index contributed by atoms with van der Waals surface area (Å²) in [5.41, 5.74) is 5.38. The molecule has 0 fully saturated rings. The Bertz CT molecular complexity index is 1650. The lowest BCUT2D eigenvalue weighted by atomic mass is 9.89. The van der Waals surface area contributed by atoms with E-state index in [1.54, 1.807) is 67.8 Å². The molecule has 0 radical (unpaired) electrons. The fourth-order valence-electron chi connectivity index (χ4n) is 4.42. The summed E-state index contributed by atoms with van der Waals surface area (Å²) in [6.45, 7) is 1.78. The largest absolute Gasteiger partial charge is 0.481 e. The van der Waals surface area contributed by atoms with Gasteiger partial charge in [0.1, 0.15) is 11.3 Å². The zero-order valence-corrected chi connectivity index (χ0v) is 21.0. The van der Waals surface area contributed by atoms with E-state index in [4.69, 9.17) is 4.42 Å². The van der Waals surface area contributed by atoms with Crippen LogP contribution in [-0.4, -0.2) is 27.0 Å². The number of benzene rings is 3. The Morgan fingerprint density at radius 2 is 1.87 bits per heavy atom. The quantitative estimate of drug-likeness (QED) is 0.210. The van der Waals surface area contributed by atoms with Crippen LogP contribution in [0.1, 0.15) is 34.6 Å². The molecule has 39 heavy (non-hydrogen) atoms. The molecular formula is C30H25FN4O4. The van der Waals surface area contributed by atoms with Crippen molar-refractivity contribution in [2.45, 2.75) is 25.7 Å². The van der Waals surface area contributed by atoms with Crippen molar-refractivity contribution in [2.75, 3.05) is 10.6 Å². The highest BCUT2D eigenvalue weighted by Gasteiger charge is 2.19. The minimum Gasteiger partial charge on any atom is -0.481 e. The maximum absolute atomic E-state index is 13.4. The first kappa shape index (κ1) is 25.6. The lowest BCUT2D eigenvalue weighted by Gasteiger charge is -2.17. The van der Waals surface area contributed by atoms with E-state index >= 15 is 0 Å². The first-order valence-electron chi connectivity index (χ1n) is 12.3. The zero-order chi connectivity index (χ0) is 27.4. The van der Waals surface area contributed by atoms with Gasteiger partial charge in [-0.1, -0.05) is 24.3 Å². The summed E-state index contributed by atoms with van der Waals surface area (Å²) in [5, 5.41) is 15.4. The molecule has 5 aromatic rings. The van der Waals surface area contributed by atoms with E-state index in [1.807, 2.05) is 12.1 Å². The molecule has 0 bridgehead atoms. The molecule has 0 aliphatic rings. The molecular weight excluding hydrogens is 499 g/mol. The van der Waals surface area contributed by atoms with Gasteiger partial charge in [0.05, 0.1) is 12.8 Å². The monoisotopic (exact) mass is 524 g/mol. The van der Waals surface area contributed by atoms with Crippen molar-refractivity contribution in [1.82, 2.24) is 9.97 Å². The summed E-state index contributed by atoms with van der Waals surface area (Å²) in [6.07, 6.45) is 3.29. The SMILES string of the molecule is Cc1cc(F)ccc1Nc1nc2ccc(CC(=O)Nc3cccc(C(CC(=O)O)c4cccnc4)c3)cc2o1. The number of amides is 1. The average molecular weight is 525 g/mol. The smallest absolute Gasteiger partial charge is 0.304 e. The summed E-state index contributed by atoms with van der Waals surface area (Å²) in [5.74, 6) is -1.88. The third-order valence-corrected chi connectivity index (χ3v) is 6.29. The molecule has 9 heteroatoms. The van der Waals surface area contributed by atoms with E-state index in [0.29, 0.717) is 28.0 Å². The number of carbonyl (C=O) groups is 2. The van der Waals surface area contributed by atoms with E-state index in [2.05, 4.69) is 20.6 Å². The van der Waals surface area contributed by atoms with Crippen LogP contribution in [0.25, 0.3) is 11.1 Å². The van der Waals surface area contributed by atoms with Gasteiger partial charge in [0, 0.05) is 29.7 Å². The molecule has 0 aliphatic carbocycles. The normalized spacial score (nSPS) is 11.7. The van der Waals surface area contributed by atoms with Gasteiger partial charge in [0.25, 0.3) is 6.01 Å². The molecule has 2 aromatic heterocycles. The van der Waals surface area contributed by atoms with E-state index in [1.165, 1.54) is 12.1 Å². The van der Waals surface area contributed by atoms with Gasteiger partial charge in [-0.3, -0.25) is 14.6 Å². The van der Waals surface area contributed by atoms with Crippen LogP contribution in [0.5, 0.6) is 0 Å². The zero-order valence-electron chi connectivity index (χ0n) is 21.0. The van der Waals surface area contributed by atoms with Gasteiger partial charge in [0.15, 0.2) is 5.58 Å². The van der Waals surface area contributed by atoms with E-state index < -0.39 is 11.9 Å². The number of nitrogens with zero attached hydrogens (tertiary/aromatic N) is 2. The van der Waals surface area contributed by atoms with Crippen molar-refractivity contribution in [2.24, 2.45) is 0 Å². The first-order valence-corrected chi connectivity index (χ1v) is 12.3. The van der Waals surface area contributed by atoms with Crippen molar-refractivity contribution in [1.29, 1.82) is 0 Å². The number of fused-ring (bicyclic) bond motifs is 1. The van der Waals surface area contributed by atoms with E-state index in [9.17, 15) is 19.1 Å². The Morgan fingerprint density at radius 3 is 2.64 bits per heavy atom. The number of anilines is 3. The minimum atomic E-state index is -0.924. The van der Waals surface area contributed by atoms with Crippen LogP contribution in [-0.2, 0) is 16.0 Å². The Kier molecular flexibility index (Phi) is 7.31. The Morgan fingerprint density at radius 1 is 1.03 bits per heavy atom. The molecule has 2 heterocycles. The molecule has 0 aliphatic heterocycles. The molecule has 0 spiro atoms. The molecule has 8 nitrogen and oxygen atoms in total. The summed E-state index contributed by atoms with van der Waals surface area (Å²) < 4.78 is 19.2. The van der Waals surface area contributed by atoms with Gasteiger partial charge >= 0.3 is 5.97 Å². The first-order chi connectivity index (χ1) is 18.8. The summed E-state index contributed by atoms with van der Waals surface area (Å²) in [6, 6.07) is 20.8. The highest BCUT2D eigenvalue weighted by molar-refractivity contribution is 5.93. The van der Waals surface area contributed by atoms with Crippen LogP contribution in [0.3, 0.4) is 0 Å². The number of hydrogen-bond donors (Lipinski definition) is 3. The number of carboxylic acids is 1. The van der Waals surface area contributed by atoms with Gasteiger partial charge in [-0.05, 0) is 77.7 Å². The van der Waals surface area contributed by atoms with Crippen LogP contribution < -0.4 is 10.6 Å². The van der Waals surface area contributed by atoms with E-state index in [-0.39, 0.29) is 30.6 Å². The molecule has 3 aromatic carbocycles. The fourth-order valence-corrected chi connectivity index (χ4v) is 4.42. The fraction of sp³-hybridized carbons (Fsp3) is 0.133. The molecule has 5 rings (SSSR count). The average Bonchev–Trinajstić information content (AvgIpc) is 3.31. The Balaban J connectivity index is 1.28. The number of aromatic nitrogens is 2.